The number of carbonyl (C=O) groups is 5. The molecular weight excluding hydrogens is 567 g/mol. The number of nitrogens with two attached hydrogens (primary N) is 1. The highest BCUT2D eigenvalue weighted by atomic mass is 35.5. The summed E-state index contributed by atoms with van der Waals surface area (Å²) < 4.78 is 41.6. The highest BCUT2D eigenvalue weighted by molar-refractivity contribution is 7.98. The number of halogens is 4. The van der Waals surface area contributed by atoms with E-state index in [-0.39, 0.29) is 33.4 Å². The van der Waals surface area contributed by atoms with Crippen LogP contribution < -0.4 is 16.4 Å². The second-order valence-electron chi connectivity index (χ2n) is 7.27. The Kier molecular flexibility index (Phi) is 12.6. The van der Waals surface area contributed by atoms with Crippen LogP contribution in [0.3, 0.4) is 0 Å². The number of fused-ring (bicyclic) bond motifs is 1. The van der Waals surface area contributed by atoms with Crippen LogP contribution in [0.15, 0.2) is 12.1 Å². The van der Waals surface area contributed by atoms with Crippen molar-refractivity contribution in [3.8, 4) is 5.75 Å². The van der Waals surface area contributed by atoms with Crippen molar-refractivity contribution in [1.82, 2.24) is 10.6 Å². The molecule has 1 heterocycles. The number of hydrogen-bond acceptors (Lipinski definition) is 11. The monoisotopic (exact) mass is 589 g/mol. The van der Waals surface area contributed by atoms with Gasteiger partial charge in [0.05, 0.1) is 24.3 Å². The minimum absolute atomic E-state index is 0.0159. The molecule has 0 aromatic heterocycles. The van der Waals surface area contributed by atoms with Gasteiger partial charge in [-0.1, -0.05) is 11.6 Å². The zero-order chi connectivity index (χ0) is 29.2. The first-order valence-electron chi connectivity index (χ1n) is 10.2. The van der Waals surface area contributed by atoms with E-state index < -0.39 is 67.2 Å². The lowest BCUT2D eigenvalue weighted by atomic mass is 10.1. The highest BCUT2D eigenvalue weighted by Gasteiger charge is 2.38. The molecule has 13 nitrogen and oxygen atoms in total. The number of alkyl halides is 3. The molecule has 2 rings (SSSR count). The van der Waals surface area contributed by atoms with Gasteiger partial charge < -0.3 is 41.2 Å². The van der Waals surface area contributed by atoms with Gasteiger partial charge in [-0.25, -0.2) is 14.4 Å². The molecule has 0 spiro atoms. The molecule has 38 heavy (non-hydrogen) atoms. The van der Waals surface area contributed by atoms with Crippen LogP contribution in [0.1, 0.15) is 15.9 Å². The fourth-order valence-electron chi connectivity index (χ4n) is 2.59. The van der Waals surface area contributed by atoms with Gasteiger partial charge >= 0.3 is 24.1 Å². The number of carbonyl (C=O) groups excluding carboxylic acids is 4. The van der Waals surface area contributed by atoms with Crippen LogP contribution in [0.5, 0.6) is 5.75 Å². The van der Waals surface area contributed by atoms with Crippen LogP contribution in [0.25, 0.3) is 0 Å². The quantitative estimate of drug-likeness (QED) is 0.246. The third kappa shape index (κ3) is 9.55. The molecule has 0 fully saturated rings. The number of aliphatic carboxylic acids is 1. The fourth-order valence-corrected chi connectivity index (χ4v) is 3.83. The molecule has 0 radical (unpaired) electrons. The molecular formula is C20H23ClF3N3O10S. The van der Waals surface area contributed by atoms with E-state index in [1.54, 1.807) is 0 Å². The molecule has 2 amide bonds. The average molecular weight is 590 g/mol. The Morgan fingerprint density at radius 3 is 2.47 bits per heavy atom. The standard InChI is InChI=1S/C18H22ClN3O8S.C2HF3O2/c1-29-18(28)13-7-31-6-9-8(2-3-10(19)14(9)24)17(27)30-5-12(16(26)22-13)21-15(25)11(20)4-23;3-2(4,5)1(6)7/h2-3,11-13,23-24H,4-7,20H2,1H3,(H,21,25)(H,22,26);(H,6,7)/t11-,12-,13-;/m0./s1. The fraction of sp³-hybridized carbons (Fsp3) is 0.450. The smallest absolute Gasteiger partial charge is 0.490 e. The highest BCUT2D eigenvalue weighted by Crippen LogP contribution is 2.33. The van der Waals surface area contributed by atoms with Crippen LogP contribution in [-0.2, 0) is 34.4 Å². The van der Waals surface area contributed by atoms with Crippen molar-refractivity contribution in [2.45, 2.75) is 30.1 Å². The van der Waals surface area contributed by atoms with Crippen molar-refractivity contribution in [3.63, 3.8) is 0 Å². The van der Waals surface area contributed by atoms with Gasteiger partial charge in [0.25, 0.3) is 0 Å². The molecule has 0 saturated carbocycles. The number of cyclic esters (lactones) is 1. The van der Waals surface area contributed by atoms with Gasteiger partial charge in [0, 0.05) is 17.1 Å². The van der Waals surface area contributed by atoms with Crippen LogP contribution in [0.2, 0.25) is 5.02 Å². The number of hydrogen-bond donors (Lipinski definition) is 6. The molecule has 212 valence electrons. The normalized spacial score (nSPS) is 19.0. The van der Waals surface area contributed by atoms with E-state index >= 15 is 0 Å². The molecule has 0 unspecified atom stereocenters. The van der Waals surface area contributed by atoms with Crippen LogP contribution in [0, 0.1) is 0 Å². The lowest BCUT2D eigenvalue weighted by Gasteiger charge is -2.24. The Labute approximate surface area is 221 Å². The Bertz CT molecular complexity index is 1060. The van der Waals surface area contributed by atoms with Crippen LogP contribution in [-0.4, -0.2) is 95.4 Å². The molecule has 7 N–H and O–H groups in total. The number of aromatic hydroxyl groups is 1. The number of esters is 2. The molecule has 1 aromatic carbocycles. The van der Waals surface area contributed by atoms with Crippen molar-refractivity contribution in [1.29, 1.82) is 0 Å². The van der Waals surface area contributed by atoms with E-state index in [1.807, 2.05) is 0 Å². The van der Waals surface area contributed by atoms with Crippen molar-refractivity contribution in [2.24, 2.45) is 5.73 Å². The van der Waals surface area contributed by atoms with Crippen LogP contribution >= 0.6 is 23.4 Å². The zero-order valence-electron chi connectivity index (χ0n) is 19.4. The van der Waals surface area contributed by atoms with Crippen molar-refractivity contribution in [2.75, 3.05) is 26.1 Å². The minimum atomic E-state index is -5.08. The molecule has 0 saturated heterocycles. The number of phenols is 1. The third-order valence-electron chi connectivity index (χ3n) is 4.58. The van der Waals surface area contributed by atoms with E-state index in [9.17, 15) is 37.5 Å². The summed E-state index contributed by atoms with van der Waals surface area (Å²) >= 11 is 7.07. The molecule has 1 aliphatic heterocycles. The summed E-state index contributed by atoms with van der Waals surface area (Å²) in [7, 11) is 1.15. The van der Waals surface area contributed by atoms with Gasteiger partial charge in [-0.2, -0.15) is 24.9 Å². The SMILES string of the molecule is COC(=O)[C@@H]1CSCc2c(ccc(Cl)c2O)C(=O)OC[C@H](NC(=O)[C@@H](N)CO)C(=O)N1.O=C(O)C(F)(F)F. The van der Waals surface area contributed by atoms with Gasteiger partial charge in [-0.05, 0) is 12.1 Å². The maximum Gasteiger partial charge on any atom is 0.490 e. The molecule has 1 aliphatic rings. The predicted molar refractivity (Wildman–Crippen MR) is 124 cm³/mol. The zero-order valence-corrected chi connectivity index (χ0v) is 21.0. The number of carboxylic acid groups (broad SMARTS) is 1. The summed E-state index contributed by atoms with van der Waals surface area (Å²) in [6, 6.07) is -1.13. The van der Waals surface area contributed by atoms with Gasteiger partial charge in [0.2, 0.25) is 11.8 Å². The van der Waals surface area contributed by atoms with E-state index in [2.05, 4.69) is 10.6 Å². The van der Waals surface area contributed by atoms with Gasteiger partial charge in [-0.3, -0.25) is 9.59 Å². The molecule has 0 aliphatic carbocycles. The molecule has 0 bridgehead atoms. The number of aliphatic hydroxyl groups is 1. The number of ether oxygens (including phenoxy) is 2. The van der Waals surface area contributed by atoms with E-state index in [0.29, 0.717) is 0 Å². The number of phenolic OH excluding ortho intramolecular Hbond substituents is 1. The summed E-state index contributed by atoms with van der Waals surface area (Å²) in [6.45, 7) is -1.27. The number of aliphatic hydroxyl groups excluding tert-OH is 1. The number of benzene rings is 1. The average Bonchev–Trinajstić information content (AvgIpc) is 2.85. The Balaban J connectivity index is 0.000000905. The Hall–Kier alpha value is -3.28. The van der Waals surface area contributed by atoms with Gasteiger partial charge in [0.15, 0.2) is 0 Å². The number of carboxylic acids is 1. The summed E-state index contributed by atoms with van der Waals surface area (Å²) in [5.74, 6) is -6.21. The third-order valence-corrected chi connectivity index (χ3v) is 5.94. The van der Waals surface area contributed by atoms with E-state index in [4.69, 9.17) is 41.8 Å². The van der Waals surface area contributed by atoms with Gasteiger partial charge in [-0.15, -0.1) is 0 Å². The summed E-state index contributed by atoms with van der Waals surface area (Å²) in [5.41, 5.74) is 5.66. The number of nitrogens with one attached hydrogen (secondary N) is 2. The number of rotatable bonds is 4. The summed E-state index contributed by atoms with van der Waals surface area (Å²) in [5, 5.41) is 31.2. The largest absolute Gasteiger partial charge is 0.506 e. The first kappa shape index (κ1) is 32.7. The summed E-state index contributed by atoms with van der Waals surface area (Å²) in [6.07, 6.45) is -5.08. The molecule has 3 atom stereocenters. The second kappa shape index (κ2) is 14.6. The predicted octanol–water partition coefficient (Wildman–Crippen LogP) is -0.455. The van der Waals surface area contributed by atoms with Crippen LogP contribution in [0.4, 0.5) is 13.2 Å². The van der Waals surface area contributed by atoms with E-state index in [1.165, 1.54) is 12.1 Å². The van der Waals surface area contributed by atoms with Crippen molar-refractivity contribution < 1.29 is 61.9 Å². The lowest BCUT2D eigenvalue weighted by molar-refractivity contribution is -0.192. The first-order valence-corrected chi connectivity index (χ1v) is 11.8. The van der Waals surface area contributed by atoms with E-state index in [0.717, 1.165) is 18.9 Å². The Morgan fingerprint density at radius 2 is 1.95 bits per heavy atom. The maximum atomic E-state index is 12.7. The molecule has 18 heteroatoms. The molecule has 1 aromatic rings. The second-order valence-corrected chi connectivity index (χ2v) is 8.71. The summed E-state index contributed by atoms with van der Waals surface area (Å²) in [4.78, 5) is 58.2. The van der Waals surface area contributed by atoms with Crippen molar-refractivity contribution in [3.05, 3.63) is 28.3 Å². The first-order chi connectivity index (χ1) is 17.6. The maximum absolute atomic E-state index is 12.7. The Morgan fingerprint density at radius 1 is 1.34 bits per heavy atom. The topological polar surface area (TPSA) is 215 Å². The number of thioether (sulfide) groups is 1. The van der Waals surface area contributed by atoms with Crippen molar-refractivity contribution >= 4 is 53.1 Å². The lowest BCUT2D eigenvalue weighted by Crippen LogP contribution is -2.57. The van der Waals surface area contributed by atoms with Gasteiger partial charge in [0.1, 0.15) is 30.5 Å². The number of amides is 2. The minimum Gasteiger partial charge on any atom is -0.506 e. The number of methoxy groups -OCH3 is 1.